The van der Waals surface area contributed by atoms with E-state index in [0.29, 0.717) is 5.02 Å². The van der Waals surface area contributed by atoms with Crippen LogP contribution in [0.25, 0.3) is 0 Å². The van der Waals surface area contributed by atoms with Gasteiger partial charge in [-0.1, -0.05) is 41.9 Å². The smallest absolute Gasteiger partial charge is 0.241 e. The number of rotatable bonds is 5. The van der Waals surface area contributed by atoms with Crippen molar-refractivity contribution in [2.75, 3.05) is 17.2 Å². The fraction of sp³-hybridized carbons (Fsp3) is 0.316. The molecule has 1 amide bonds. The lowest BCUT2D eigenvalue weighted by Crippen LogP contribution is -2.35. The van der Waals surface area contributed by atoms with Crippen LogP contribution in [0.5, 0.6) is 0 Å². The molecule has 0 radical (unpaired) electrons. The normalized spacial score (nSPS) is 17.4. The van der Waals surface area contributed by atoms with Crippen molar-refractivity contribution < 1.29 is 4.79 Å². The van der Waals surface area contributed by atoms with Crippen molar-refractivity contribution in [2.24, 2.45) is 0 Å². The molecule has 1 aliphatic rings. The van der Waals surface area contributed by atoms with E-state index in [1.165, 1.54) is 5.56 Å². The Bertz CT molecular complexity index is 703. The second-order valence-electron chi connectivity index (χ2n) is 6.11. The first kappa shape index (κ1) is 19.6. The first-order valence-corrected chi connectivity index (χ1v) is 8.66. The molecule has 0 bridgehead atoms. The number of benzene rings is 2. The largest absolute Gasteiger partial charge is 0.377 e. The number of hydrogen-bond donors (Lipinski definition) is 3. The summed E-state index contributed by atoms with van der Waals surface area (Å²) in [5.41, 5.74) is 2.76. The number of carbonyl (C=O) groups excluding carboxylic acids is 1. The summed E-state index contributed by atoms with van der Waals surface area (Å²) in [4.78, 5) is 12.1. The van der Waals surface area contributed by atoms with E-state index in [-0.39, 0.29) is 30.4 Å². The van der Waals surface area contributed by atoms with Gasteiger partial charge in [0, 0.05) is 11.7 Å². The van der Waals surface area contributed by atoms with Gasteiger partial charge >= 0.3 is 0 Å². The van der Waals surface area contributed by atoms with E-state index in [1.807, 2.05) is 30.3 Å². The van der Waals surface area contributed by atoms with Crippen molar-refractivity contribution in [3.63, 3.8) is 0 Å². The molecule has 0 aromatic heterocycles. The number of nitrogens with one attached hydrogen (secondary N) is 3. The zero-order chi connectivity index (χ0) is 16.9. The van der Waals surface area contributed by atoms with E-state index in [9.17, 15) is 4.79 Å². The van der Waals surface area contributed by atoms with Crippen LogP contribution < -0.4 is 16.0 Å². The van der Waals surface area contributed by atoms with E-state index in [2.05, 4.69) is 35.0 Å². The Hall–Kier alpha value is -1.75. The molecule has 134 valence electrons. The molecule has 1 heterocycles. The summed E-state index contributed by atoms with van der Waals surface area (Å²) < 4.78 is 0. The molecular weight excluding hydrogens is 357 g/mol. The predicted molar refractivity (Wildman–Crippen MR) is 107 cm³/mol. The van der Waals surface area contributed by atoms with Gasteiger partial charge in [-0.25, -0.2) is 0 Å². The molecule has 3 rings (SSSR count). The number of amides is 1. The molecule has 2 atom stereocenters. The molecule has 2 aromatic rings. The zero-order valence-electron chi connectivity index (χ0n) is 14.1. The lowest BCUT2D eigenvalue weighted by atomic mass is 10.1. The topological polar surface area (TPSA) is 53.2 Å². The fourth-order valence-electron chi connectivity index (χ4n) is 2.91. The molecule has 25 heavy (non-hydrogen) atoms. The highest BCUT2D eigenvalue weighted by molar-refractivity contribution is 6.33. The van der Waals surface area contributed by atoms with Crippen LogP contribution in [0, 0.1) is 0 Å². The third kappa shape index (κ3) is 5.11. The van der Waals surface area contributed by atoms with Crippen molar-refractivity contribution in [3.8, 4) is 0 Å². The minimum absolute atomic E-state index is 0. The van der Waals surface area contributed by atoms with Crippen molar-refractivity contribution in [1.29, 1.82) is 0 Å². The van der Waals surface area contributed by atoms with Crippen LogP contribution in [-0.4, -0.2) is 18.5 Å². The Balaban J connectivity index is 0.00000225. The molecule has 6 heteroatoms. The van der Waals surface area contributed by atoms with Gasteiger partial charge in [0.2, 0.25) is 5.91 Å². The van der Waals surface area contributed by atoms with Crippen molar-refractivity contribution in [1.82, 2.24) is 5.32 Å². The third-order valence-electron chi connectivity index (χ3n) is 4.29. The maximum Gasteiger partial charge on any atom is 0.241 e. The highest BCUT2D eigenvalue weighted by Gasteiger charge is 2.22. The Kier molecular flexibility index (Phi) is 7.12. The molecule has 0 saturated carbocycles. The number of carbonyl (C=O) groups is 1. The Morgan fingerprint density at radius 2 is 2.00 bits per heavy atom. The number of halogens is 2. The quantitative estimate of drug-likeness (QED) is 0.709. The van der Waals surface area contributed by atoms with Gasteiger partial charge < -0.3 is 16.0 Å². The van der Waals surface area contributed by atoms with Gasteiger partial charge in [0.1, 0.15) is 0 Å². The van der Waals surface area contributed by atoms with Crippen molar-refractivity contribution >= 4 is 41.3 Å². The Labute approximate surface area is 159 Å². The van der Waals surface area contributed by atoms with Crippen LogP contribution in [-0.2, 0) is 4.79 Å². The summed E-state index contributed by atoms with van der Waals surface area (Å²) >= 11 is 6.37. The lowest BCUT2D eigenvalue weighted by molar-refractivity contribution is -0.117. The average Bonchev–Trinajstić information content (AvgIpc) is 3.13. The SMILES string of the molecule is CC(Nc1ccc(NC(=O)C2CCCN2)cc1Cl)c1ccccc1.Cl. The predicted octanol–water partition coefficient (Wildman–Crippen LogP) is 4.63. The molecule has 2 aromatic carbocycles. The van der Waals surface area contributed by atoms with Gasteiger partial charge in [-0.2, -0.15) is 0 Å². The van der Waals surface area contributed by atoms with Gasteiger partial charge in [0.05, 0.1) is 16.8 Å². The molecule has 0 spiro atoms. The van der Waals surface area contributed by atoms with E-state index in [1.54, 1.807) is 6.07 Å². The van der Waals surface area contributed by atoms with Crippen molar-refractivity contribution in [2.45, 2.75) is 31.8 Å². The highest BCUT2D eigenvalue weighted by atomic mass is 35.5. The minimum atomic E-state index is -0.0975. The third-order valence-corrected chi connectivity index (χ3v) is 4.60. The number of hydrogen-bond acceptors (Lipinski definition) is 3. The molecule has 2 unspecified atom stereocenters. The first-order chi connectivity index (χ1) is 11.6. The van der Waals surface area contributed by atoms with Gasteiger partial charge in [-0.15, -0.1) is 12.4 Å². The Morgan fingerprint density at radius 3 is 2.64 bits per heavy atom. The van der Waals surface area contributed by atoms with Gasteiger partial charge in [-0.05, 0) is 50.1 Å². The summed E-state index contributed by atoms with van der Waals surface area (Å²) in [7, 11) is 0. The van der Waals surface area contributed by atoms with E-state index in [0.717, 1.165) is 30.8 Å². The minimum Gasteiger partial charge on any atom is -0.377 e. The van der Waals surface area contributed by atoms with Crippen LogP contribution >= 0.6 is 24.0 Å². The van der Waals surface area contributed by atoms with Crippen LogP contribution in [0.3, 0.4) is 0 Å². The maximum absolute atomic E-state index is 12.1. The van der Waals surface area contributed by atoms with E-state index >= 15 is 0 Å². The fourth-order valence-corrected chi connectivity index (χ4v) is 3.14. The molecule has 4 nitrogen and oxygen atoms in total. The summed E-state index contributed by atoms with van der Waals surface area (Å²) in [5, 5.41) is 10.1. The molecule has 1 aliphatic heterocycles. The maximum atomic E-state index is 12.1. The van der Waals surface area contributed by atoms with Gasteiger partial charge in [-0.3, -0.25) is 4.79 Å². The van der Waals surface area contributed by atoms with Crippen LogP contribution in [0.15, 0.2) is 48.5 Å². The molecular formula is C19H23Cl2N3O. The second kappa shape index (κ2) is 9.09. The number of anilines is 2. The molecule has 1 fully saturated rings. The molecule has 3 N–H and O–H groups in total. The summed E-state index contributed by atoms with van der Waals surface area (Å²) in [6.45, 7) is 2.99. The van der Waals surface area contributed by atoms with Crippen LogP contribution in [0.2, 0.25) is 5.02 Å². The molecule has 0 aliphatic carbocycles. The summed E-state index contributed by atoms with van der Waals surface area (Å²) in [5.74, 6) is 0.00179. The second-order valence-corrected chi connectivity index (χ2v) is 6.52. The van der Waals surface area contributed by atoms with Crippen molar-refractivity contribution in [3.05, 3.63) is 59.1 Å². The monoisotopic (exact) mass is 379 g/mol. The highest BCUT2D eigenvalue weighted by Crippen LogP contribution is 2.29. The Morgan fingerprint density at radius 1 is 1.24 bits per heavy atom. The zero-order valence-corrected chi connectivity index (χ0v) is 15.7. The van der Waals surface area contributed by atoms with E-state index < -0.39 is 0 Å². The summed E-state index contributed by atoms with van der Waals surface area (Å²) in [6.07, 6.45) is 1.92. The molecule has 1 saturated heterocycles. The van der Waals surface area contributed by atoms with Crippen LogP contribution in [0.4, 0.5) is 11.4 Å². The lowest BCUT2D eigenvalue weighted by Gasteiger charge is -2.18. The first-order valence-electron chi connectivity index (χ1n) is 8.29. The summed E-state index contributed by atoms with van der Waals surface area (Å²) in [6, 6.07) is 15.8. The van der Waals surface area contributed by atoms with Crippen LogP contribution in [0.1, 0.15) is 31.4 Å². The van der Waals surface area contributed by atoms with E-state index in [4.69, 9.17) is 11.6 Å². The average molecular weight is 380 g/mol. The van der Waals surface area contributed by atoms with Gasteiger partial charge in [0.25, 0.3) is 0 Å². The van der Waals surface area contributed by atoms with Gasteiger partial charge in [0.15, 0.2) is 0 Å². The standard InChI is InChI=1S/C19H22ClN3O.ClH/c1-13(14-6-3-2-4-7-14)22-17-10-9-15(12-16(17)20)23-19(24)18-8-5-11-21-18;/h2-4,6-7,9-10,12-13,18,21-22H,5,8,11H2,1H3,(H,23,24);1H.